The first-order valence-electron chi connectivity index (χ1n) is 11.2. The Hall–Kier alpha value is -3.54. The Labute approximate surface area is 188 Å². The zero-order valence-corrected chi connectivity index (χ0v) is 18.2. The van der Waals surface area contributed by atoms with Gasteiger partial charge < -0.3 is 19.9 Å². The molecule has 166 valence electrons. The van der Waals surface area contributed by atoms with E-state index in [0.29, 0.717) is 19.6 Å². The monoisotopic (exact) mass is 431 g/mol. The van der Waals surface area contributed by atoms with Crippen molar-refractivity contribution >= 4 is 6.03 Å². The van der Waals surface area contributed by atoms with E-state index in [1.165, 1.54) is 11.1 Å². The largest absolute Gasteiger partial charge is 0.493 e. The van der Waals surface area contributed by atoms with Gasteiger partial charge in [0.05, 0.1) is 6.61 Å². The van der Waals surface area contributed by atoms with E-state index in [0.717, 1.165) is 49.2 Å². The molecule has 6 heteroatoms. The molecule has 1 aliphatic heterocycles. The van der Waals surface area contributed by atoms with Crippen LogP contribution in [-0.4, -0.2) is 23.7 Å². The number of rotatable bonds is 8. The van der Waals surface area contributed by atoms with Crippen molar-refractivity contribution in [2.75, 3.05) is 13.2 Å². The lowest BCUT2D eigenvalue weighted by Crippen LogP contribution is -2.35. The van der Waals surface area contributed by atoms with Crippen LogP contribution in [0.5, 0.6) is 5.75 Å². The van der Waals surface area contributed by atoms with Crippen molar-refractivity contribution in [1.29, 1.82) is 0 Å². The predicted octanol–water partition coefficient (Wildman–Crippen LogP) is 4.12. The fourth-order valence-corrected chi connectivity index (χ4v) is 3.85. The number of carbonyl (C=O) groups excluding carboxylic acids is 1. The van der Waals surface area contributed by atoms with Crippen molar-refractivity contribution < 1.29 is 9.53 Å². The number of ether oxygens (including phenoxy) is 1. The Balaban J connectivity index is 1.18. The first-order valence-corrected chi connectivity index (χ1v) is 11.2. The summed E-state index contributed by atoms with van der Waals surface area (Å²) in [4.78, 5) is 23.7. The molecule has 0 unspecified atom stereocenters. The number of unbranched alkanes of at least 4 members (excludes halogenated alkanes) is 1. The van der Waals surface area contributed by atoms with Crippen LogP contribution in [0.3, 0.4) is 0 Å². The number of nitrogens with one attached hydrogen (secondary N) is 2. The molecule has 0 saturated heterocycles. The van der Waals surface area contributed by atoms with E-state index in [9.17, 15) is 9.59 Å². The number of nitrogens with zero attached hydrogens (tertiary/aromatic N) is 1. The molecule has 0 fully saturated rings. The highest BCUT2D eigenvalue weighted by atomic mass is 16.5. The Morgan fingerprint density at radius 2 is 1.81 bits per heavy atom. The van der Waals surface area contributed by atoms with Gasteiger partial charge in [-0.2, -0.15) is 0 Å². The van der Waals surface area contributed by atoms with E-state index < -0.39 is 0 Å². The molecular weight excluding hydrogens is 402 g/mol. The van der Waals surface area contributed by atoms with E-state index in [1.807, 2.05) is 18.2 Å². The van der Waals surface area contributed by atoms with Crippen molar-refractivity contribution in [2.24, 2.45) is 0 Å². The smallest absolute Gasteiger partial charge is 0.315 e. The molecule has 0 radical (unpaired) electrons. The van der Waals surface area contributed by atoms with Crippen molar-refractivity contribution in [1.82, 2.24) is 15.2 Å². The van der Waals surface area contributed by atoms with Gasteiger partial charge in [-0.25, -0.2) is 4.79 Å². The maximum atomic E-state index is 12.0. The number of aromatic nitrogens is 1. The minimum Gasteiger partial charge on any atom is -0.493 e. The fourth-order valence-electron chi connectivity index (χ4n) is 3.85. The number of benzene rings is 2. The molecule has 6 nitrogen and oxygen atoms in total. The quantitative estimate of drug-likeness (QED) is 0.527. The Morgan fingerprint density at radius 1 is 0.969 bits per heavy atom. The Morgan fingerprint density at radius 3 is 2.66 bits per heavy atom. The second kappa shape index (κ2) is 10.7. The average molecular weight is 432 g/mol. The second-order valence-corrected chi connectivity index (χ2v) is 8.02. The lowest BCUT2D eigenvalue weighted by Gasteiger charge is -2.18. The van der Waals surface area contributed by atoms with E-state index in [-0.39, 0.29) is 11.6 Å². The minimum absolute atomic E-state index is 0.00450. The molecule has 2 aromatic carbocycles. The highest BCUT2D eigenvalue weighted by molar-refractivity contribution is 5.73. The van der Waals surface area contributed by atoms with Crippen LogP contribution in [0.4, 0.5) is 4.79 Å². The number of amides is 2. The lowest BCUT2D eigenvalue weighted by molar-refractivity contribution is 0.240. The Bertz CT molecular complexity index is 1110. The molecule has 0 saturated carbocycles. The van der Waals surface area contributed by atoms with Crippen LogP contribution in [0.1, 0.15) is 30.4 Å². The van der Waals surface area contributed by atoms with E-state index in [1.54, 1.807) is 22.9 Å². The van der Waals surface area contributed by atoms with Gasteiger partial charge in [0, 0.05) is 31.9 Å². The van der Waals surface area contributed by atoms with Gasteiger partial charge in [0.25, 0.3) is 0 Å². The van der Waals surface area contributed by atoms with Crippen LogP contribution >= 0.6 is 0 Å². The summed E-state index contributed by atoms with van der Waals surface area (Å²) in [7, 11) is 0. The van der Waals surface area contributed by atoms with Crippen LogP contribution in [-0.2, 0) is 19.5 Å². The average Bonchev–Trinajstić information content (AvgIpc) is 2.83. The number of hydrogen-bond donors (Lipinski definition) is 2. The fraction of sp³-hybridized carbons (Fsp3) is 0.308. The molecule has 1 aromatic heterocycles. The molecule has 0 atom stereocenters. The van der Waals surface area contributed by atoms with Crippen LogP contribution in [0.2, 0.25) is 0 Å². The normalized spacial score (nSPS) is 12.5. The summed E-state index contributed by atoms with van der Waals surface area (Å²) in [6.07, 6.45) is 5.56. The zero-order chi connectivity index (χ0) is 22.2. The third-order valence-corrected chi connectivity index (χ3v) is 5.66. The third kappa shape index (κ3) is 5.78. The van der Waals surface area contributed by atoms with Gasteiger partial charge in [-0.3, -0.25) is 4.79 Å². The summed E-state index contributed by atoms with van der Waals surface area (Å²) in [6, 6.07) is 19.6. The summed E-state index contributed by atoms with van der Waals surface area (Å²) < 4.78 is 7.38. The van der Waals surface area contributed by atoms with Gasteiger partial charge in [-0.15, -0.1) is 0 Å². The maximum absolute atomic E-state index is 12.0. The van der Waals surface area contributed by atoms with Gasteiger partial charge >= 0.3 is 6.03 Å². The summed E-state index contributed by atoms with van der Waals surface area (Å²) in [5, 5.41) is 5.77. The van der Waals surface area contributed by atoms with Crippen LogP contribution in [0, 0.1) is 0 Å². The molecule has 0 aliphatic carbocycles. The summed E-state index contributed by atoms with van der Waals surface area (Å²) >= 11 is 0. The molecule has 4 rings (SSSR count). The molecule has 0 spiro atoms. The number of carbonyl (C=O) groups is 1. The first-order chi connectivity index (χ1) is 15.7. The minimum atomic E-state index is -0.180. The van der Waals surface area contributed by atoms with Gasteiger partial charge in [0.1, 0.15) is 5.75 Å². The number of aryl methyl sites for hydroxylation is 2. The molecule has 2 heterocycles. The third-order valence-electron chi connectivity index (χ3n) is 5.66. The van der Waals surface area contributed by atoms with E-state index in [2.05, 4.69) is 41.0 Å². The summed E-state index contributed by atoms with van der Waals surface area (Å²) in [5.74, 6) is 1.00. The molecular formula is C26H29N3O3. The number of hydrogen-bond acceptors (Lipinski definition) is 3. The van der Waals surface area contributed by atoms with Gasteiger partial charge in [-0.05, 0) is 66.1 Å². The van der Waals surface area contributed by atoms with Crippen molar-refractivity contribution in [3.63, 3.8) is 0 Å². The summed E-state index contributed by atoms with van der Waals surface area (Å²) in [5.41, 5.74) is 4.67. The van der Waals surface area contributed by atoms with Crippen LogP contribution in [0.25, 0.3) is 11.1 Å². The SMILES string of the molecule is O=C(NCCCCn1ccccc1=O)NCc1ccc(-c2ccc3c(c2)CCCO3)cc1. The molecule has 3 aromatic rings. The van der Waals surface area contributed by atoms with E-state index >= 15 is 0 Å². The molecule has 0 bridgehead atoms. The number of urea groups is 1. The second-order valence-electron chi connectivity index (χ2n) is 8.02. The van der Waals surface area contributed by atoms with Crippen molar-refractivity contribution in [3.05, 3.63) is 88.3 Å². The van der Waals surface area contributed by atoms with Gasteiger partial charge in [0.15, 0.2) is 0 Å². The lowest BCUT2D eigenvalue weighted by atomic mass is 9.98. The molecule has 1 aliphatic rings. The highest BCUT2D eigenvalue weighted by Gasteiger charge is 2.11. The van der Waals surface area contributed by atoms with Crippen molar-refractivity contribution in [3.8, 4) is 16.9 Å². The van der Waals surface area contributed by atoms with E-state index in [4.69, 9.17) is 4.74 Å². The van der Waals surface area contributed by atoms with Gasteiger partial charge in [0.2, 0.25) is 5.56 Å². The highest BCUT2D eigenvalue weighted by Crippen LogP contribution is 2.30. The van der Waals surface area contributed by atoms with Crippen LogP contribution < -0.4 is 20.9 Å². The number of pyridine rings is 1. The van der Waals surface area contributed by atoms with Gasteiger partial charge in [-0.1, -0.05) is 36.4 Å². The summed E-state index contributed by atoms with van der Waals surface area (Å²) in [6.45, 7) is 2.52. The van der Waals surface area contributed by atoms with Crippen LogP contribution in [0.15, 0.2) is 71.7 Å². The zero-order valence-electron chi connectivity index (χ0n) is 18.2. The Kier molecular flexibility index (Phi) is 7.23. The topological polar surface area (TPSA) is 72.4 Å². The van der Waals surface area contributed by atoms with Crippen molar-refractivity contribution in [2.45, 2.75) is 38.8 Å². The molecule has 2 N–H and O–H groups in total. The first kappa shape index (κ1) is 21.7. The maximum Gasteiger partial charge on any atom is 0.315 e. The number of fused-ring (bicyclic) bond motifs is 1. The predicted molar refractivity (Wildman–Crippen MR) is 126 cm³/mol. The molecule has 2 amide bonds. The standard InChI is InChI=1S/C26H29N3O3/c30-25-7-1-3-15-29(25)16-4-2-14-27-26(31)28-19-20-8-10-21(11-9-20)22-12-13-24-23(18-22)6-5-17-32-24/h1,3,7-13,15,18H,2,4-6,14,16-17,19H2,(H2,27,28,31). The molecule has 32 heavy (non-hydrogen) atoms.